The Labute approximate surface area is 238 Å². The Morgan fingerprint density at radius 2 is 0.600 bits per heavy atom. The lowest BCUT2D eigenvalue weighted by Crippen LogP contribution is -2.58. The Morgan fingerprint density at radius 1 is 0.275 bits per heavy atom. The summed E-state index contributed by atoms with van der Waals surface area (Å²) in [5, 5.41) is 0. The third kappa shape index (κ3) is 1.41. The van der Waals surface area contributed by atoms with Crippen LogP contribution in [0.4, 0.5) is 0 Å². The summed E-state index contributed by atoms with van der Waals surface area (Å²) in [7, 11) is 0. The summed E-state index contributed by atoms with van der Waals surface area (Å²) in [6.07, 6.45) is 24.1. The second-order valence-corrected chi connectivity index (χ2v) is 19.5. The molecule has 0 nitrogen and oxygen atoms in total. The van der Waals surface area contributed by atoms with Crippen LogP contribution < -0.4 is 0 Å². The van der Waals surface area contributed by atoms with Gasteiger partial charge in [0.05, 0.1) is 0 Å². The van der Waals surface area contributed by atoms with Crippen LogP contribution >= 0.6 is 0 Å². The Bertz CT molecular complexity index is 1430. The molecule has 16 aliphatic rings. The highest BCUT2D eigenvalue weighted by atomic mass is 14.9. The van der Waals surface area contributed by atoms with Gasteiger partial charge in [-0.2, -0.15) is 0 Å². The van der Waals surface area contributed by atoms with Crippen LogP contribution in [0.1, 0.15) is 25.7 Å². The van der Waals surface area contributed by atoms with Crippen molar-refractivity contribution in [1.29, 1.82) is 0 Å². The number of rotatable bonds is 0. The lowest BCUT2D eigenvalue weighted by molar-refractivity contribution is -0.143. The van der Waals surface area contributed by atoms with Crippen LogP contribution in [0.5, 0.6) is 0 Å². The predicted molar refractivity (Wildman–Crippen MR) is 151 cm³/mol. The summed E-state index contributed by atoms with van der Waals surface area (Å²) in [4.78, 5) is 0. The van der Waals surface area contributed by atoms with E-state index >= 15 is 0 Å². The van der Waals surface area contributed by atoms with Crippen LogP contribution in [0.15, 0.2) is 47.6 Å². The number of hydrogen-bond acceptors (Lipinski definition) is 0. The summed E-state index contributed by atoms with van der Waals surface area (Å²) in [6, 6.07) is 0. The molecule has 0 aliphatic heterocycles. The molecule has 28 unspecified atom stereocenters. The van der Waals surface area contributed by atoms with E-state index in [-0.39, 0.29) is 0 Å². The maximum atomic E-state index is 2.97. The average molecular weight is 523 g/mol. The third-order valence-corrected chi connectivity index (χ3v) is 20.8. The largest absolute Gasteiger partial charge is 0.0845 e. The summed E-state index contributed by atoms with van der Waals surface area (Å²) in [6.45, 7) is 0. The summed E-state index contributed by atoms with van der Waals surface area (Å²) >= 11 is 0. The molecule has 28 atom stereocenters. The van der Waals surface area contributed by atoms with Crippen molar-refractivity contribution in [1.82, 2.24) is 0 Å². The van der Waals surface area contributed by atoms with Gasteiger partial charge in [0, 0.05) is 0 Å². The maximum absolute atomic E-state index is 2.97. The fourth-order valence-electron chi connectivity index (χ4n) is 22.0. The van der Waals surface area contributed by atoms with E-state index in [1.165, 1.54) is 0 Å². The van der Waals surface area contributed by atoms with Gasteiger partial charge in [-0.1, -0.05) is 47.6 Å². The van der Waals surface area contributed by atoms with E-state index < -0.39 is 0 Å². The zero-order valence-electron chi connectivity index (χ0n) is 23.5. The second kappa shape index (κ2) is 5.30. The minimum Gasteiger partial charge on any atom is -0.0845 e. The Morgan fingerprint density at radius 3 is 1.05 bits per heavy atom. The molecule has 0 aromatic rings. The molecule has 11 saturated carbocycles. The fourth-order valence-corrected chi connectivity index (χ4v) is 22.0. The van der Waals surface area contributed by atoms with Gasteiger partial charge in [-0.05, 0) is 191 Å². The molecule has 0 N–H and O–H groups in total. The van der Waals surface area contributed by atoms with Gasteiger partial charge in [0.25, 0.3) is 0 Å². The molecule has 0 heterocycles. The van der Waals surface area contributed by atoms with Crippen molar-refractivity contribution in [3.8, 4) is 0 Å². The van der Waals surface area contributed by atoms with Gasteiger partial charge in [-0.3, -0.25) is 0 Å². The van der Waals surface area contributed by atoms with Crippen molar-refractivity contribution in [2.45, 2.75) is 25.7 Å². The smallest absolute Gasteiger partial charge is 0.00913 e. The van der Waals surface area contributed by atoms with Gasteiger partial charge in [-0.25, -0.2) is 0 Å². The molecule has 0 aromatic heterocycles. The molecule has 40 heavy (non-hydrogen) atoms. The van der Waals surface area contributed by atoms with Crippen LogP contribution in [0.25, 0.3) is 0 Å². The van der Waals surface area contributed by atoms with Crippen molar-refractivity contribution in [3.63, 3.8) is 0 Å². The minimum absolute atomic E-state index is 0.890. The van der Waals surface area contributed by atoms with Crippen molar-refractivity contribution in [2.24, 2.45) is 166 Å². The average Bonchev–Trinajstić information content (AvgIpc) is 3.79. The van der Waals surface area contributed by atoms with Gasteiger partial charge in [-0.15, -0.1) is 0 Å². The predicted octanol–water partition coefficient (Wildman–Crippen LogP) is 6.98. The molecule has 0 radical (unpaired) electrons. The van der Waals surface area contributed by atoms with Crippen molar-refractivity contribution in [2.75, 3.05) is 0 Å². The minimum atomic E-state index is 0.890. The Kier molecular flexibility index (Phi) is 2.55. The summed E-state index contributed by atoms with van der Waals surface area (Å²) in [5.74, 6) is 30.0. The molecule has 16 aliphatic carbocycles. The molecule has 0 spiro atoms. The third-order valence-electron chi connectivity index (χ3n) is 20.8. The fraction of sp³-hybridized carbons (Fsp3) is 0.800. The van der Waals surface area contributed by atoms with Crippen LogP contribution in [-0.2, 0) is 0 Å². The lowest BCUT2D eigenvalue weighted by atomic mass is 9.43. The molecule has 0 aromatic carbocycles. The Hall–Kier alpha value is -1.04. The van der Waals surface area contributed by atoms with Gasteiger partial charge in [0.2, 0.25) is 0 Å². The quantitative estimate of drug-likeness (QED) is 0.301. The van der Waals surface area contributed by atoms with Gasteiger partial charge in [0.15, 0.2) is 0 Å². The van der Waals surface area contributed by atoms with Crippen LogP contribution in [0.3, 0.4) is 0 Å². The van der Waals surface area contributed by atoms with Crippen LogP contribution in [0.2, 0.25) is 0 Å². The Balaban J connectivity index is 1.11. The van der Waals surface area contributed by atoms with Gasteiger partial charge in [0.1, 0.15) is 0 Å². The van der Waals surface area contributed by atoms with E-state index in [1.807, 2.05) is 0 Å². The van der Waals surface area contributed by atoms with Crippen molar-refractivity contribution < 1.29 is 0 Å². The number of hydrogen-bond donors (Lipinski definition) is 0. The van der Waals surface area contributed by atoms with E-state index in [1.54, 1.807) is 25.7 Å². The lowest BCUT2D eigenvalue weighted by Gasteiger charge is -2.61. The molecular weight excluding hydrogens is 480 g/mol. The molecular formula is C40H42. The molecule has 202 valence electrons. The maximum Gasteiger partial charge on any atom is -0.00913 e. The van der Waals surface area contributed by atoms with E-state index in [0.29, 0.717) is 0 Å². The van der Waals surface area contributed by atoms with Crippen LogP contribution in [0, 0.1) is 166 Å². The van der Waals surface area contributed by atoms with Crippen molar-refractivity contribution in [3.05, 3.63) is 47.6 Å². The highest BCUT2D eigenvalue weighted by Gasteiger charge is 2.86. The molecule has 16 rings (SSSR count). The standard InChI is InChI=1S/C40H42/c1-2-12-14-5-6-16-18-9-10-20-19-8-7-17-15-4-3-13-11(1)21-22(12)32-24(14)26(16)34-29(18)30(20)35-28(19)27(17)33-25(15)23(13)31(21)36-37(32)39(34)40(35)38(33)36/h1-4,9-30,32-35,37-40H,5-8H2. The highest BCUT2D eigenvalue weighted by molar-refractivity contribution is 5.52. The van der Waals surface area contributed by atoms with E-state index in [4.69, 9.17) is 0 Å². The highest BCUT2D eigenvalue weighted by Crippen LogP contribution is 2.90. The van der Waals surface area contributed by atoms with Crippen molar-refractivity contribution >= 4 is 0 Å². The zero-order chi connectivity index (χ0) is 24.4. The first kappa shape index (κ1) is 19.3. The van der Waals surface area contributed by atoms with E-state index in [0.717, 1.165) is 166 Å². The summed E-state index contributed by atoms with van der Waals surface area (Å²) < 4.78 is 0. The van der Waals surface area contributed by atoms with Gasteiger partial charge >= 0.3 is 0 Å². The number of fused-ring (bicyclic) bond motifs is 5. The summed E-state index contributed by atoms with van der Waals surface area (Å²) in [5.41, 5.74) is 4.59. The van der Waals surface area contributed by atoms with Gasteiger partial charge < -0.3 is 0 Å². The molecule has 0 bridgehead atoms. The number of allylic oxidation sites excluding steroid dienone is 8. The SMILES string of the molecule is C1=CC2C3CCC4C5C=CC6C7CCC8C9C=CC%10C1C1C%11=C%12C%13C(C21)C3C4C1C5C6C2C7C8C(C%12C2C%131)C9C%11%10. The molecule has 0 saturated heterocycles. The first-order chi connectivity index (χ1) is 19.9. The molecule has 0 heteroatoms. The first-order valence-corrected chi connectivity index (χ1v) is 18.7. The van der Waals surface area contributed by atoms with E-state index in [9.17, 15) is 0 Å². The second-order valence-electron chi connectivity index (χ2n) is 19.5. The normalized spacial score (nSPS) is 82.2. The van der Waals surface area contributed by atoms with Crippen LogP contribution in [-0.4, -0.2) is 0 Å². The zero-order valence-corrected chi connectivity index (χ0v) is 23.5. The van der Waals surface area contributed by atoms with E-state index in [2.05, 4.69) is 47.6 Å². The molecule has 0 amide bonds. The topological polar surface area (TPSA) is 0 Å². The monoisotopic (exact) mass is 522 g/mol. The molecule has 11 fully saturated rings. The first-order valence-electron chi connectivity index (χ1n) is 18.7.